The van der Waals surface area contributed by atoms with Crippen molar-refractivity contribution in [2.24, 2.45) is 0 Å². The van der Waals surface area contributed by atoms with Gasteiger partial charge in [0.05, 0.1) is 18.8 Å². The van der Waals surface area contributed by atoms with Gasteiger partial charge in [-0.3, -0.25) is 0 Å². The number of likely N-dealkylation sites (N-methyl/N-ethyl adjacent to an activating group) is 1. The Labute approximate surface area is 65.8 Å². The van der Waals surface area contributed by atoms with Gasteiger partial charge in [-0.1, -0.05) is 0 Å². The van der Waals surface area contributed by atoms with Gasteiger partial charge >= 0.3 is 0 Å². The van der Waals surface area contributed by atoms with E-state index in [0.29, 0.717) is 5.75 Å². The Balaban J connectivity index is 3.53. The highest BCUT2D eigenvalue weighted by Gasteiger charge is 2.14. The maximum absolute atomic E-state index is 9.27. The number of thioether (sulfide) groups is 1. The summed E-state index contributed by atoms with van der Waals surface area (Å²) in [7, 11) is 1.73. The molecular weight excluding hydrogens is 150 g/mol. The standard InChI is InChI=1S/C6H15NO2S/c1-7-5(3-8)6(9)4-10-2/h5-9H,3-4H2,1-2H3/t5-,6-/m1/s1. The Bertz CT molecular complexity index is 78.1. The summed E-state index contributed by atoms with van der Waals surface area (Å²) >= 11 is 1.57. The minimum Gasteiger partial charge on any atom is -0.395 e. The highest BCUT2D eigenvalue weighted by atomic mass is 32.2. The average Bonchev–Trinajstić information content (AvgIpc) is 1.91. The SMILES string of the molecule is CN[C@H](CO)[C@H](O)CSC. The predicted octanol–water partition coefficient (Wildman–Crippen LogP) is -0.709. The van der Waals surface area contributed by atoms with Crippen molar-refractivity contribution < 1.29 is 10.2 Å². The molecule has 0 rings (SSSR count). The zero-order chi connectivity index (χ0) is 7.98. The minimum atomic E-state index is -0.454. The second-order valence-electron chi connectivity index (χ2n) is 2.10. The van der Waals surface area contributed by atoms with Gasteiger partial charge in [0.2, 0.25) is 0 Å². The Morgan fingerprint density at radius 1 is 1.60 bits per heavy atom. The van der Waals surface area contributed by atoms with E-state index in [0.717, 1.165) is 0 Å². The van der Waals surface area contributed by atoms with Crippen LogP contribution in [0.1, 0.15) is 0 Å². The maximum Gasteiger partial charge on any atom is 0.0805 e. The molecule has 0 bridgehead atoms. The van der Waals surface area contributed by atoms with Crippen LogP contribution in [0.5, 0.6) is 0 Å². The third kappa shape index (κ3) is 3.41. The van der Waals surface area contributed by atoms with E-state index in [-0.39, 0.29) is 12.6 Å². The van der Waals surface area contributed by atoms with Crippen LogP contribution in [0, 0.1) is 0 Å². The normalized spacial score (nSPS) is 16.8. The summed E-state index contributed by atoms with van der Waals surface area (Å²) in [5.74, 6) is 0.659. The first-order valence-corrected chi connectivity index (χ1v) is 4.60. The predicted molar refractivity (Wildman–Crippen MR) is 44.3 cm³/mol. The van der Waals surface area contributed by atoms with Crippen LogP contribution >= 0.6 is 11.8 Å². The molecule has 0 aromatic rings. The largest absolute Gasteiger partial charge is 0.395 e. The summed E-state index contributed by atoms with van der Waals surface area (Å²) in [6.45, 7) is -0.0156. The summed E-state index contributed by atoms with van der Waals surface area (Å²) in [6.07, 6.45) is 1.47. The van der Waals surface area contributed by atoms with Crippen LogP contribution in [0.15, 0.2) is 0 Å². The molecule has 0 saturated heterocycles. The molecule has 0 fully saturated rings. The minimum absolute atomic E-state index is 0.0156. The van der Waals surface area contributed by atoms with Crippen molar-refractivity contribution in [3.63, 3.8) is 0 Å². The van der Waals surface area contributed by atoms with Crippen LogP contribution in [0.25, 0.3) is 0 Å². The Morgan fingerprint density at radius 3 is 2.50 bits per heavy atom. The second-order valence-corrected chi connectivity index (χ2v) is 3.01. The molecule has 0 unspecified atom stereocenters. The van der Waals surface area contributed by atoms with Crippen molar-refractivity contribution in [2.75, 3.05) is 25.7 Å². The van der Waals surface area contributed by atoms with E-state index < -0.39 is 6.10 Å². The number of hydrogen-bond acceptors (Lipinski definition) is 4. The van der Waals surface area contributed by atoms with Crippen LogP contribution in [0.4, 0.5) is 0 Å². The lowest BCUT2D eigenvalue weighted by Crippen LogP contribution is -2.41. The lowest BCUT2D eigenvalue weighted by molar-refractivity contribution is 0.111. The van der Waals surface area contributed by atoms with E-state index in [2.05, 4.69) is 5.32 Å². The van der Waals surface area contributed by atoms with Crippen LogP contribution in [-0.2, 0) is 0 Å². The van der Waals surface area contributed by atoms with Gasteiger partial charge in [-0.05, 0) is 13.3 Å². The summed E-state index contributed by atoms with van der Waals surface area (Å²) in [4.78, 5) is 0. The van der Waals surface area contributed by atoms with Gasteiger partial charge < -0.3 is 15.5 Å². The summed E-state index contributed by atoms with van der Waals surface area (Å²) in [5, 5.41) is 20.8. The number of nitrogens with one attached hydrogen (secondary N) is 1. The van der Waals surface area contributed by atoms with Crippen LogP contribution < -0.4 is 5.32 Å². The second kappa shape index (κ2) is 5.97. The van der Waals surface area contributed by atoms with Gasteiger partial charge in [0.25, 0.3) is 0 Å². The number of aliphatic hydroxyl groups excluding tert-OH is 2. The van der Waals surface area contributed by atoms with Crippen molar-refractivity contribution >= 4 is 11.8 Å². The fourth-order valence-corrected chi connectivity index (χ4v) is 1.27. The Kier molecular flexibility index (Phi) is 6.11. The van der Waals surface area contributed by atoms with E-state index in [1.165, 1.54) is 0 Å². The molecule has 0 radical (unpaired) electrons. The van der Waals surface area contributed by atoms with Gasteiger partial charge in [-0.25, -0.2) is 0 Å². The average molecular weight is 165 g/mol. The first-order chi connectivity index (χ1) is 4.76. The van der Waals surface area contributed by atoms with Crippen LogP contribution in [-0.4, -0.2) is 48.0 Å². The van der Waals surface area contributed by atoms with Gasteiger partial charge in [-0.15, -0.1) is 0 Å². The van der Waals surface area contributed by atoms with Crippen molar-refractivity contribution in [1.29, 1.82) is 0 Å². The lowest BCUT2D eigenvalue weighted by atomic mass is 10.2. The monoisotopic (exact) mass is 165 g/mol. The third-order valence-electron chi connectivity index (χ3n) is 1.37. The Hall–Kier alpha value is 0.230. The first-order valence-electron chi connectivity index (χ1n) is 3.21. The zero-order valence-electron chi connectivity index (χ0n) is 6.37. The molecule has 10 heavy (non-hydrogen) atoms. The van der Waals surface area contributed by atoms with Gasteiger partial charge in [0.15, 0.2) is 0 Å². The molecule has 0 aliphatic carbocycles. The molecule has 0 saturated carbocycles. The molecule has 62 valence electrons. The fraction of sp³-hybridized carbons (Fsp3) is 1.00. The summed E-state index contributed by atoms with van der Waals surface area (Å²) in [6, 6.07) is -0.188. The molecule has 0 spiro atoms. The van der Waals surface area contributed by atoms with E-state index in [1.807, 2.05) is 6.26 Å². The molecular formula is C6H15NO2S. The van der Waals surface area contributed by atoms with Gasteiger partial charge in [0, 0.05) is 5.75 Å². The molecule has 0 aromatic carbocycles. The van der Waals surface area contributed by atoms with Gasteiger partial charge in [0.1, 0.15) is 0 Å². The van der Waals surface area contributed by atoms with E-state index in [1.54, 1.807) is 18.8 Å². The van der Waals surface area contributed by atoms with Crippen LogP contribution in [0.3, 0.4) is 0 Å². The van der Waals surface area contributed by atoms with Gasteiger partial charge in [-0.2, -0.15) is 11.8 Å². The molecule has 0 heterocycles. The van der Waals surface area contributed by atoms with Crippen molar-refractivity contribution in [1.82, 2.24) is 5.32 Å². The number of hydrogen-bond donors (Lipinski definition) is 3. The molecule has 0 aliphatic heterocycles. The molecule has 3 nitrogen and oxygen atoms in total. The first kappa shape index (κ1) is 10.2. The van der Waals surface area contributed by atoms with Crippen molar-refractivity contribution in [2.45, 2.75) is 12.1 Å². The topological polar surface area (TPSA) is 52.5 Å². The smallest absolute Gasteiger partial charge is 0.0805 e. The molecule has 4 heteroatoms. The molecule has 0 aliphatic rings. The molecule has 0 amide bonds. The van der Waals surface area contributed by atoms with E-state index in [4.69, 9.17) is 5.11 Å². The zero-order valence-corrected chi connectivity index (χ0v) is 7.19. The molecule has 3 N–H and O–H groups in total. The van der Waals surface area contributed by atoms with Crippen molar-refractivity contribution in [3.8, 4) is 0 Å². The summed E-state index contributed by atoms with van der Waals surface area (Å²) < 4.78 is 0. The molecule has 0 aromatic heterocycles. The summed E-state index contributed by atoms with van der Waals surface area (Å²) in [5.41, 5.74) is 0. The lowest BCUT2D eigenvalue weighted by Gasteiger charge is -2.18. The Morgan fingerprint density at radius 2 is 2.20 bits per heavy atom. The number of aliphatic hydroxyl groups is 2. The highest BCUT2D eigenvalue weighted by Crippen LogP contribution is 2.00. The van der Waals surface area contributed by atoms with Crippen molar-refractivity contribution in [3.05, 3.63) is 0 Å². The number of rotatable bonds is 5. The molecule has 2 atom stereocenters. The fourth-order valence-electron chi connectivity index (χ4n) is 0.692. The third-order valence-corrected chi connectivity index (χ3v) is 2.04. The highest BCUT2D eigenvalue weighted by molar-refractivity contribution is 7.98. The maximum atomic E-state index is 9.27. The quantitative estimate of drug-likeness (QED) is 0.504. The van der Waals surface area contributed by atoms with Crippen LogP contribution in [0.2, 0.25) is 0 Å². The van der Waals surface area contributed by atoms with E-state index >= 15 is 0 Å². The van der Waals surface area contributed by atoms with E-state index in [9.17, 15) is 5.11 Å².